The SMILES string of the molecule is CC(=O)OC[C@H]1OC2SC(C(F)(F)F)=NC2[C@@H](OC(C)=O)[C@@H]1OC(C)=O. The minimum absolute atomic E-state index is 0.322. The third-order valence-corrected chi connectivity index (χ3v) is 4.59. The van der Waals surface area contributed by atoms with Crippen molar-refractivity contribution in [2.45, 2.75) is 56.7 Å². The van der Waals surface area contributed by atoms with Crippen LogP contribution in [0.5, 0.6) is 0 Å². The summed E-state index contributed by atoms with van der Waals surface area (Å²) in [5.74, 6) is -2.22. The number of thioether (sulfide) groups is 1. The van der Waals surface area contributed by atoms with Crippen molar-refractivity contribution in [3.05, 3.63) is 0 Å². The molecule has 2 rings (SSSR count). The molecule has 5 atom stereocenters. The quantitative estimate of drug-likeness (QED) is 0.514. The Kier molecular flexibility index (Phi) is 6.17. The Balaban J connectivity index is 2.34. The van der Waals surface area contributed by atoms with Gasteiger partial charge in [0.2, 0.25) is 0 Å². The molecule has 8 nitrogen and oxygen atoms in total. The lowest BCUT2D eigenvalue weighted by Crippen LogP contribution is -2.59. The van der Waals surface area contributed by atoms with Crippen LogP contribution in [0.2, 0.25) is 0 Å². The van der Waals surface area contributed by atoms with Crippen LogP contribution < -0.4 is 0 Å². The van der Waals surface area contributed by atoms with Crippen LogP contribution in [0.3, 0.4) is 0 Å². The fourth-order valence-electron chi connectivity index (χ4n) is 2.54. The second-order valence-electron chi connectivity index (χ2n) is 5.53. The van der Waals surface area contributed by atoms with Gasteiger partial charge in [-0.1, -0.05) is 11.8 Å². The zero-order chi connectivity index (χ0) is 19.6. The van der Waals surface area contributed by atoms with Crippen molar-refractivity contribution in [2.24, 2.45) is 4.99 Å². The predicted octanol–water partition coefficient (Wildman–Crippen LogP) is 1.21. The Bertz CT molecular complexity index is 624. The first-order valence-electron chi connectivity index (χ1n) is 7.44. The summed E-state index contributed by atoms with van der Waals surface area (Å²) in [6.07, 6.45) is -8.42. The highest BCUT2D eigenvalue weighted by Crippen LogP contribution is 2.43. The van der Waals surface area contributed by atoms with Gasteiger partial charge in [-0.3, -0.25) is 19.4 Å². The molecule has 26 heavy (non-hydrogen) atoms. The molecule has 12 heteroatoms. The summed E-state index contributed by atoms with van der Waals surface area (Å²) in [4.78, 5) is 37.4. The van der Waals surface area contributed by atoms with Crippen molar-refractivity contribution < 1.29 is 46.5 Å². The highest BCUT2D eigenvalue weighted by Gasteiger charge is 2.56. The first-order chi connectivity index (χ1) is 12.0. The minimum Gasteiger partial charge on any atom is -0.463 e. The van der Waals surface area contributed by atoms with E-state index in [2.05, 4.69) is 4.99 Å². The van der Waals surface area contributed by atoms with E-state index in [4.69, 9.17) is 18.9 Å². The normalized spacial score (nSPS) is 30.8. The molecule has 0 saturated carbocycles. The maximum atomic E-state index is 13.0. The van der Waals surface area contributed by atoms with Gasteiger partial charge in [0, 0.05) is 20.8 Å². The maximum absolute atomic E-state index is 13.0. The maximum Gasteiger partial charge on any atom is 0.439 e. The largest absolute Gasteiger partial charge is 0.463 e. The number of rotatable bonds is 4. The van der Waals surface area contributed by atoms with Crippen molar-refractivity contribution in [2.75, 3.05) is 6.61 Å². The topological polar surface area (TPSA) is 100 Å². The molecule has 1 fully saturated rings. The van der Waals surface area contributed by atoms with Crippen LogP contribution in [0.1, 0.15) is 20.8 Å². The second-order valence-corrected chi connectivity index (χ2v) is 6.62. The van der Waals surface area contributed by atoms with E-state index in [1.165, 1.54) is 0 Å². The summed E-state index contributed by atoms with van der Waals surface area (Å²) in [5, 5.41) is -1.14. The molecule has 2 aliphatic heterocycles. The van der Waals surface area contributed by atoms with Crippen molar-refractivity contribution in [3.63, 3.8) is 0 Å². The van der Waals surface area contributed by atoms with Gasteiger partial charge in [-0.05, 0) is 0 Å². The Labute approximate surface area is 150 Å². The Morgan fingerprint density at radius 1 is 1.08 bits per heavy atom. The molecule has 2 heterocycles. The number of hydrogen-bond donors (Lipinski definition) is 0. The van der Waals surface area contributed by atoms with E-state index >= 15 is 0 Å². The number of ether oxygens (including phenoxy) is 4. The standard InChI is InChI=1S/C14H16F3NO7S/c1-5(19)22-4-8-10(23-6(2)20)11(24-7(3)21)9-12(25-8)26-13(18-9)14(15,16)17/h8-12H,4H2,1-3H3/t8-,9?,10-,11-,12?/m1/s1. The molecule has 0 N–H and O–H groups in total. The average Bonchev–Trinajstić information content (AvgIpc) is 2.90. The first kappa shape index (κ1) is 20.5. The molecule has 2 unspecified atom stereocenters. The van der Waals surface area contributed by atoms with Crippen LogP contribution in [-0.4, -0.2) is 65.5 Å². The molecule has 0 spiro atoms. The van der Waals surface area contributed by atoms with Gasteiger partial charge in [0.15, 0.2) is 17.3 Å². The smallest absolute Gasteiger partial charge is 0.439 e. The lowest BCUT2D eigenvalue weighted by atomic mass is 9.98. The number of nitrogens with zero attached hydrogens (tertiary/aromatic N) is 1. The minimum atomic E-state index is -4.70. The van der Waals surface area contributed by atoms with Crippen LogP contribution in [0.4, 0.5) is 13.2 Å². The molecule has 0 aromatic carbocycles. The van der Waals surface area contributed by atoms with Gasteiger partial charge in [-0.25, -0.2) is 0 Å². The highest BCUT2D eigenvalue weighted by molar-refractivity contribution is 8.14. The molecular formula is C14H16F3NO7S. The highest BCUT2D eigenvalue weighted by atomic mass is 32.2. The molecule has 0 aromatic rings. The van der Waals surface area contributed by atoms with Gasteiger partial charge in [0.1, 0.15) is 24.2 Å². The van der Waals surface area contributed by atoms with Gasteiger partial charge < -0.3 is 18.9 Å². The third-order valence-electron chi connectivity index (χ3n) is 3.41. The van der Waals surface area contributed by atoms with Crippen molar-refractivity contribution in [1.82, 2.24) is 0 Å². The molecule has 0 radical (unpaired) electrons. The van der Waals surface area contributed by atoms with Gasteiger partial charge in [-0.15, -0.1) is 0 Å². The van der Waals surface area contributed by atoms with Gasteiger partial charge >= 0.3 is 24.1 Å². The van der Waals surface area contributed by atoms with Crippen LogP contribution in [0.25, 0.3) is 0 Å². The zero-order valence-corrected chi connectivity index (χ0v) is 14.8. The molecule has 146 valence electrons. The monoisotopic (exact) mass is 399 g/mol. The number of fused-ring (bicyclic) bond motifs is 1. The average molecular weight is 399 g/mol. The zero-order valence-electron chi connectivity index (χ0n) is 13.9. The summed E-state index contributed by atoms with van der Waals surface area (Å²) < 4.78 is 59.5. The van der Waals surface area contributed by atoms with Crippen LogP contribution in [0.15, 0.2) is 4.99 Å². The number of carbonyl (C=O) groups excluding carboxylic acids is 3. The summed E-state index contributed by atoms with van der Waals surface area (Å²) >= 11 is 0.322. The second kappa shape index (κ2) is 7.82. The van der Waals surface area contributed by atoms with Crippen LogP contribution in [-0.2, 0) is 33.3 Å². The fourth-order valence-corrected chi connectivity index (χ4v) is 3.62. The first-order valence-corrected chi connectivity index (χ1v) is 8.32. The molecule has 2 aliphatic rings. The number of carbonyl (C=O) groups is 3. The summed E-state index contributed by atoms with van der Waals surface area (Å²) in [6, 6.07) is -1.22. The number of hydrogen-bond acceptors (Lipinski definition) is 9. The molecule has 0 amide bonds. The Morgan fingerprint density at radius 3 is 2.15 bits per heavy atom. The fraction of sp³-hybridized carbons (Fsp3) is 0.714. The Morgan fingerprint density at radius 2 is 1.65 bits per heavy atom. The summed E-state index contributed by atoms with van der Waals surface area (Å²) in [5.41, 5.74) is -1.14. The van der Waals surface area contributed by atoms with E-state index in [1.807, 2.05) is 0 Å². The lowest BCUT2D eigenvalue weighted by molar-refractivity contribution is -0.208. The number of esters is 3. The molecule has 1 saturated heterocycles. The van der Waals surface area contributed by atoms with Crippen molar-refractivity contribution >= 4 is 34.7 Å². The van der Waals surface area contributed by atoms with E-state index in [0.29, 0.717) is 11.8 Å². The number of alkyl halides is 3. The van der Waals surface area contributed by atoms with Crippen molar-refractivity contribution in [3.8, 4) is 0 Å². The third kappa shape index (κ3) is 4.87. The van der Waals surface area contributed by atoms with Gasteiger partial charge in [-0.2, -0.15) is 13.2 Å². The molecular weight excluding hydrogens is 383 g/mol. The van der Waals surface area contributed by atoms with Crippen LogP contribution in [0, 0.1) is 0 Å². The number of halogens is 3. The van der Waals surface area contributed by atoms with E-state index in [1.54, 1.807) is 0 Å². The van der Waals surface area contributed by atoms with E-state index < -0.39 is 65.5 Å². The lowest BCUT2D eigenvalue weighted by Gasteiger charge is -2.41. The van der Waals surface area contributed by atoms with E-state index in [0.717, 1.165) is 20.8 Å². The molecule has 0 bridgehead atoms. The number of aliphatic imine (C=N–C) groups is 1. The van der Waals surface area contributed by atoms with E-state index in [-0.39, 0.29) is 0 Å². The molecule has 0 aromatic heterocycles. The van der Waals surface area contributed by atoms with Crippen molar-refractivity contribution in [1.29, 1.82) is 0 Å². The van der Waals surface area contributed by atoms with Crippen LogP contribution >= 0.6 is 11.8 Å². The predicted molar refractivity (Wildman–Crippen MR) is 81.3 cm³/mol. The van der Waals surface area contributed by atoms with E-state index in [9.17, 15) is 27.6 Å². The Hall–Kier alpha value is -1.82. The van der Waals surface area contributed by atoms with Gasteiger partial charge in [0.25, 0.3) is 0 Å². The summed E-state index contributed by atoms with van der Waals surface area (Å²) in [6.45, 7) is 2.88. The summed E-state index contributed by atoms with van der Waals surface area (Å²) in [7, 11) is 0. The van der Waals surface area contributed by atoms with Gasteiger partial charge in [0.05, 0.1) is 0 Å². The molecule has 0 aliphatic carbocycles.